The molecule has 7 heteroatoms. The number of nitrogens with one attached hydrogen (secondary N) is 2. The minimum absolute atomic E-state index is 0.0921. The Balaban J connectivity index is 1.66. The molecule has 5 nitrogen and oxygen atoms in total. The molecule has 0 unspecified atom stereocenters. The van der Waals surface area contributed by atoms with Crippen LogP contribution in [0.1, 0.15) is 31.1 Å². The lowest BCUT2D eigenvalue weighted by Crippen LogP contribution is -2.12. The average Bonchev–Trinajstić information content (AvgIpc) is 3.20. The predicted octanol–water partition coefficient (Wildman–Crippen LogP) is 6.95. The highest BCUT2D eigenvalue weighted by molar-refractivity contribution is 6.34. The van der Waals surface area contributed by atoms with Crippen LogP contribution in [0.25, 0.3) is 17.4 Å². The second-order valence-electron chi connectivity index (χ2n) is 6.98. The van der Waals surface area contributed by atoms with E-state index >= 15 is 0 Å². The van der Waals surface area contributed by atoms with Gasteiger partial charge in [-0.05, 0) is 61.4 Å². The molecule has 0 fully saturated rings. The quantitative estimate of drug-likeness (QED) is 0.377. The van der Waals surface area contributed by atoms with Crippen LogP contribution in [-0.2, 0) is 9.59 Å². The first-order chi connectivity index (χ1) is 14.9. The summed E-state index contributed by atoms with van der Waals surface area (Å²) in [4.78, 5) is 24.1. The highest BCUT2D eigenvalue weighted by Gasteiger charge is 2.08. The Bertz CT molecular complexity index is 1140. The summed E-state index contributed by atoms with van der Waals surface area (Å²) in [5.41, 5.74) is 2.81. The Morgan fingerprint density at radius 1 is 1.00 bits per heavy atom. The monoisotopic (exact) mass is 456 g/mol. The maximum atomic E-state index is 12.3. The number of carbonyl (C=O) groups is 2. The van der Waals surface area contributed by atoms with Gasteiger partial charge in [-0.3, -0.25) is 9.59 Å². The van der Waals surface area contributed by atoms with Crippen LogP contribution in [0.3, 0.4) is 0 Å². The van der Waals surface area contributed by atoms with Gasteiger partial charge in [-0.2, -0.15) is 0 Å². The summed E-state index contributed by atoms with van der Waals surface area (Å²) in [6, 6.07) is 14.2. The number of furan rings is 1. The molecular formula is C24H22Cl2N2O3. The first-order valence-electron chi connectivity index (χ1n) is 9.80. The molecule has 0 bridgehead atoms. The Hall–Kier alpha value is -3.02. The van der Waals surface area contributed by atoms with Crippen molar-refractivity contribution < 1.29 is 14.0 Å². The fraction of sp³-hybridized carbons (Fsp3) is 0.167. The lowest BCUT2D eigenvalue weighted by molar-refractivity contribution is -0.116. The molecule has 0 saturated carbocycles. The van der Waals surface area contributed by atoms with Gasteiger partial charge in [0, 0.05) is 28.8 Å². The fourth-order valence-corrected chi connectivity index (χ4v) is 3.17. The zero-order valence-corrected chi connectivity index (χ0v) is 18.7. The molecule has 2 amide bonds. The normalized spacial score (nSPS) is 11.0. The van der Waals surface area contributed by atoms with Gasteiger partial charge < -0.3 is 15.1 Å². The first kappa shape index (κ1) is 22.7. The molecule has 2 N–H and O–H groups in total. The lowest BCUT2D eigenvalue weighted by Gasteiger charge is -2.09. The molecule has 0 aliphatic carbocycles. The minimum Gasteiger partial charge on any atom is -0.457 e. The second kappa shape index (κ2) is 10.3. The van der Waals surface area contributed by atoms with E-state index in [1.807, 2.05) is 38.1 Å². The molecule has 3 rings (SSSR count). The van der Waals surface area contributed by atoms with Crippen molar-refractivity contribution in [2.75, 3.05) is 10.6 Å². The molecular weight excluding hydrogens is 435 g/mol. The highest BCUT2D eigenvalue weighted by Crippen LogP contribution is 2.28. The summed E-state index contributed by atoms with van der Waals surface area (Å²) in [5, 5.41) is 6.52. The third-order valence-electron chi connectivity index (χ3n) is 4.47. The van der Waals surface area contributed by atoms with Crippen LogP contribution in [0.4, 0.5) is 11.4 Å². The molecule has 0 spiro atoms. The predicted molar refractivity (Wildman–Crippen MR) is 127 cm³/mol. The van der Waals surface area contributed by atoms with Crippen LogP contribution < -0.4 is 10.6 Å². The van der Waals surface area contributed by atoms with Gasteiger partial charge in [-0.25, -0.2) is 0 Å². The number of hydrogen-bond acceptors (Lipinski definition) is 3. The number of anilines is 2. The van der Waals surface area contributed by atoms with E-state index in [0.29, 0.717) is 39.4 Å². The van der Waals surface area contributed by atoms with Gasteiger partial charge in [0.25, 0.3) is 0 Å². The fourth-order valence-electron chi connectivity index (χ4n) is 2.83. The van der Waals surface area contributed by atoms with E-state index in [0.717, 1.165) is 17.5 Å². The molecule has 0 aliphatic rings. The molecule has 0 saturated heterocycles. The summed E-state index contributed by atoms with van der Waals surface area (Å²) in [6.07, 6.45) is 4.09. The number of amides is 2. The molecule has 2 aromatic carbocycles. The van der Waals surface area contributed by atoms with Crippen molar-refractivity contribution in [1.82, 2.24) is 0 Å². The van der Waals surface area contributed by atoms with E-state index in [1.165, 1.54) is 6.08 Å². The number of halogens is 2. The van der Waals surface area contributed by atoms with Crippen molar-refractivity contribution in [2.45, 2.75) is 26.7 Å². The van der Waals surface area contributed by atoms with Crippen LogP contribution in [-0.4, -0.2) is 11.8 Å². The van der Waals surface area contributed by atoms with Crippen LogP contribution in [0.2, 0.25) is 10.0 Å². The highest BCUT2D eigenvalue weighted by atomic mass is 35.5. The second-order valence-corrected chi connectivity index (χ2v) is 7.80. The molecule has 0 radical (unpaired) electrons. The molecule has 1 heterocycles. The zero-order chi connectivity index (χ0) is 22.4. The summed E-state index contributed by atoms with van der Waals surface area (Å²) in [6.45, 7) is 3.86. The molecule has 0 aliphatic heterocycles. The molecule has 1 aromatic heterocycles. The standard InChI is InChI=1S/C24H22Cl2N2O3/c1-3-4-23(29)27-17-7-10-19(25)21(14-17)28-24(30)12-9-18-8-11-22(31-18)16-6-5-15(2)20(26)13-16/h5-14H,3-4H2,1-2H3,(H,27,29)(H,28,30). The Morgan fingerprint density at radius 3 is 2.55 bits per heavy atom. The van der Waals surface area contributed by atoms with E-state index in [9.17, 15) is 9.59 Å². The number of benzene rings is 2. The Kier molecular flexibility index (Phi) is 7.55. The third kappa shape index (κ3) is 6.23. The number of aryl methyl sites for hydroxylation is 1. The summed E-state index contributed by atoms with van der Waals surface area (Å²) in [7, 11) is 0. The van der Waals surface area contributed by atoms with E-state index in [2.05, 4.69) is 10.6 Å². The van der Waals surface area contributed by atoms with Gasteiger partial charge in [0.15, 0.2) is 0 Å². The first-order valence-corrected chi connectivity index (χ1v) is 10.6. The molecule has 3 aromatic rings. The van der Waals surface area contributed by atoms with Crippen LogP contribution in [0, 0.1) is 6.92 Å². The van der Waals surface area contributed by atoms with Crippen LogP contribution in [0.5, 0.6) is 0 Å². The third-order valence-corrected chi connectivity index (χ3v) is 5.20. The van der Waals surface area contributed by atoms with Crippen LogP contribution >= 0.6 is 23.2 Å². The van der Waals surface area contributed by atoms with Crippen molar-refractivity contribution >= 4 is 52.5 Å². The Labute approximate surface area is 191 Å². The topological polar surface area (TPSA) is 71.3 Å². The van der Waals surface area contributed by atoms with Crippen LogP contribution in [0.15, 0.2) is 59.0 Å². The van der Waals surface area contributed by atoms with Crippen molar-refractivity contribution in [2.24, 2.45) is 0 Å². The smallest absolute Gasteiger partial charge is 0.248 e. The van der Waals surface area contributed by atoms with Gasteiger partial charge in [0.2, 0.25) is 11.8 Å². The van der Waals surface area contributed by atoms with Gasteiger partial charge in [0.05, 0.1) is 10.7 Å². The van der Waals surface area contributed by atoms with Crippen molar-refractivity contribution in [3.63, 3.8) is 0 Å². The average molecular weight is 457 g/mol. The summed E-state index contributed by atoms with van der Waals surface area (Å²) >= 11 is 12.3. The van der Waals surface area contributed by atoms with E-state index in [-0.39, 0.29) is 11.8 Å². The van der Waals surface area contributed by atoms with Gasteiger partial charge in [0.1, 0.15) is 11.5 Å². The number of hydrogen-bond donors (Lipinski definition) is 2. The number of rotatable bonds is 7. The molecule has 0 atom stereocenters. The van der Waals surface area contributed by atoms with Crippen molar-refractivity contribution in [3.8, 4) is 11.3 Å². The minimum atomic E-state index is -0.379. The van der Waals surface area contributed by atoms with E-state index in [4.69, 9.17) is 27.6 Å². The van der Waals surface area contributed by atoms with Gasteiger partial charge in [-0.1, -0.05) is 42.3 Å². The zero-order valence-electron chi connectivity index (χ0n) is 17.2. The summed E-state index contributed by atoms with van der Waals surface area (Å²) in [5.74, 6) is 0.704. The maximum Gasteiger partial charge on any atom is 0.248 e. The van der Waals surface area contributed by atoms with Crippen molar-refractivity contribution in [3.05, 3.63) is 76.0 Å². The molecule has 31 heavy (non-hydrogen) atoms. The lowest BCUT2D eigenvalue weighted by atomic mass is 10.1. The summed E-state index contributed by atoms with van der Waals surface area (Å²) < 4.78 is 5.78. The van der Waals surface area contributed by atoms with Gasteiger partial charge >= 0.3 is 0 Å². The molecule has 160 valence electrons. The van der Waals surface area contributed by atoms with Crippen molar-refractivity contribution in [1.29, 1.82) is 0 Å². The van der Waals surface area contributed by atoms with E-state index in [1.54, 1.807) is 30.3 Å². The number of carbonyl (C=O) groups excluding carboxylic acids is 2. The Morgan fingerprint density at radius 2 is 1.81 bits per heavy atom. The van der Waals surface area contributed by atoms with Gasteiger partial charge in [-0.15, -0.1) is 0 Å². The largest absolute Gasteiger partial charge is 0.457 e. The SMILES string of the molecule is CCCC(=O)Nc1ccc(Cl)c(NC(=O)C=Cc2ccc(-c3ccc(C)c(Cl)c3)o2)c1. The van der Waals surface area contributed by atoms with E-state index < -0.39 is 0 Å². The maximum absolute atomic E-state index is 12.3.